The third-order valence-corrected chi connectivity index (χ3v) is 8.01. The van der Waals surface area contributed by atoms with Crippen LogP contribution in [0.15, 0.2) is 12.7 Å². The molecule has 0 unspecified atom stereocenters. The van der Waals surface area contributed by atoms with Crippen molar-refractivity contribution < 1.29 is 13.9 Å². The minimum Gasteiger partial charge on any atom is -0.414 e. The molecule has 4 heteroatoms. The van der Waals surface area contributed by atoms with E-state index in [-0.39, 0.29) is 11.1 Å². The Labute approximate surface area is 114 Å². The summed E-state index contributed by atoms with van der Waals surface area (Å²) in [4.78, 5) is 0. The molecule has 0 fully saturated rings. The van der Waals surface area contributed by atoms with E-state index in [0.29, 0.717) is 19.8 Å². The minimum atomic E-state index is -1.69. The fourth-order valence-corrected chi connectivity index (χ4v) is 2.22. The maximum Gasteiger partial charge on any atom is 0.192 e. The van der Waals surface area contributed by atoms with E-state index in [4.69, 9.17) is 13.9 Å². The van der Waals surface area contributed by atoms with E-state index >= 15 is 0 Å². The zero-order valence-electron chi connectivity index (χ0n) is 12.9. The van der Waals surface area contributed by atoms with Crippen molar-refractivity contribution in [3.05, 3.63) is 12.7 Å². The number of methoxy groups -OCH3 is 1. The summed E-state index contributed by atoms with van der Waals surface area (Å²) in [6.07, 6.45) is 2.79. The molecule has 0 N–H and O–H groups in total. The van der Waals surface area contributed by atoms with Crippen LogP contribution in [0.5, 0.6) is 0 Å². The van der Waals surface area contributed by atoms with Crippen molar-refractivity contribution in [3.8, 4) is 0 Å². The van der Waals surface area contributed by atoms with Gasteiger partial charge in [-0.2, -0.15) is 0 Å². The number of hydrogen-bond donors (Lipinski definition) is 0. The molecule has 0 aromatic heterocycles. The molecule has 0 heterocycles. The minimum absolute atomic E-state index is 0.0896. The van der Waals surface area contributed by atoms with Crippen molar-refractivity contribution in [1.82, 2.24) is 0 Å². The van der Waals surface area contributed by atoms with E-state index < -0.39 is 8.32 Å². The Kier molecular flexibility index (Phi) is 8.02. The van der Waals surface area contributed by atoms with Crippen molar-refractivity contribution in [2.75, 3.05) is 26.9 Å². The van der Waals surface area contributed by atoms with Crippen LogP contribution in [0.1, 0.15) is 27.2 Å². The van der Waals surface area contributed by atoms with Crippen LogP contribution >= 0.6 is 0 Å². The fourth-order valence-electron chi connectivity index (χ4n) is 1.19. The van der Waals surface area contributed by atoms with Crippen LogP contribution < -0.4 is 0 Å². The molecule has 1 atom stereocenters. The summed E-state index contributed by atoms with van der Waals surface area (Å²) in [5.74, 6) is 0. The second-order valence-electron chi connectivity index (χ2n) is 6.08. The summed E-state index contributed by atoms with van der Waals surface area (Å²) in [6, 6.07) is 0. The van der Waals surface area contributed by atoms with Gasteiger partial charge in [-0.3, -0.25) is 0 Å². The predicted molar refractivity (Wildman–Crippen MR) is 79.6 cm³/mol. The first kappa shape index (κ1) is 17.8. The van der Waals surface area contributed by atoms with Crippen LogP contribution in [-0.2, 0) is 13.9 Å². The largest absolute Gasteiger partial charge is 0.414 e. The smallest absolute Gasteiger partial charge is 0.192 e. The topological polar surface area (TPSA) is 27.7 Å². The molecule has 0 saturated heterocycles. The average Bonchev–Trinajstić information content (AvgIpc) is 2.24. The molecule has 0 spiro atoms. The van der Waals surface area contributed by atoms with E-state index in [1.807, 2.05) is 6.08 Å². The third kappa shape index (κ3) is 6.68. The second-order valence-corrected chi connectivity index (χ2v) is 10.9. The molecule has 0 aromatic rings. The molecule has 0 aliphatic carbocycles. The Morgan fingerprint density at radius 1 is 1.22 bits per heavy atom. The highest BCUT2D eigenvalue weighted by atomic mass is 28.4. The van der Waals surface area contributed by atoms with Gasteiger partial charge in [-0.1, -0.05) is 26.8 Å². The Morgan fingerprint density at radius 2 is 1.83 bits per heavy atom. The first-order valence-electron chi connectivity index (χ1n) is 6.60. The van der Waals surface area contributed by atoms with Crippen molar-refractivity contribution in [2.24, 2.45) is 0 Å². The van der Waals surface area contributed by atoms with Crippen LogP contribution in [0.3, 0.4) is 0 Å². The zero-order chi connectivity index (χ0) is 14.2. The molecular formula is C14H30O3Si. The van der Waals surface area contributed by atoms with Gasteiger partial charge in [-0.15, -0.1) is 6.58 Å². The zero-order valence-corrected chi connectivity index (χ0v) is 13.9. The molecule has 0 aromatic carbocycles. The number of hydrogen-bond acceptors (Lipinski definition) is 3. The van der Waals surface area contributed by atoms with E-state index in [1.54, 1.807) is 7.11 Å². The fraction of sp³-hybridized carbons (Fsp3) is 0.857. The van der Waals surface area contributed by atoms with Crippen molar-refractivity contribution in [3.63, 3.8) is 0 Å². The lowest BCUT2D eigenvalue weighted by atomic mass is 10.2. The predicted octanol–water partition coefficient (Wildman–Crippen LogP) is 3.62. The van der Waals surface area contributed by atoms with Crippen LogP contribution in [0.25, 0.3) is 0 Å². The SMILES string of the molecule is C=CC[C@H](CO[Si](C)(C)C(C)(C)C)OCCOC. The third-order valence-electron chi connectivity index (χ3n) is 3.51. The first-order valence-corrected chi connectivity index (χ1v) is 9.51. The maximum atomic E-state index is 6.16. The monoisotopic (exact) mass is 274 g/mol. The van der Waals surface area contributed by atoms with Gasteiger partial charge in [0.05, 0.1) is 25.9 Å². The van der Waals surface area contributed by atoms with Gasteiger partial charge < -0.3 is 13.9 Å². The van der Waals surface area contributed by atoms with Crippen LogP contribution in [0, 0.1) is 0 Å². The number of rotatable bonds is 9. The summed E-state index contributed by atoms with van der Waals surface area (Å²) in [5.41, 5.74) is 0. The summed E-state index contributed by atoms with van der Waals surface area (Å²) in [6.45, 7) is 16.9. The Bertz CT molecular complexity index is 234. The normalized spacial score (nSPS) is 14.6. The Morgan fingerprint density at radius 3 is 2.28 bits per heavy atom. The highest BCUT2D eigenvalue weighted by Gasteiger charge is 2.37. The Balaban J connectivity index is 4.21. The molecule has 0 aliphatic rings. The lowest BCUT2D eigenvalue weighted by Crippen LogP contribution is -2.43. The van der Waals surface area contributed by atoms with E-state index in [9.17, 15) is 0 Å². The molecule has 0 saturated carbocycles. The summed E-state index contributed by atoms with van der Waals surface area (Å²) in [7, 11) is -0.0112. The first-order chi connectivity index (χ1) is 8.24. The van der Waals surface area contributed by atoms with Crippen molar-refractivity contribution in [1.29, 1.82) is 0 Å². The van der Waals surface area contributed by atoms with Gasteiger partial charge in [0.15, 0.2) is 8.32 Å². The van der Waals surface area contributed by atoms with Crippen LogP contribution in [0.2, 0.25) is 18.1 Å². The van der Waals surface area contributed by atoms with E-state index in [0.717, 1.165) is 6.42 Å². The van der Waals surface area contributed by atoms with Gasteiger partial charge in [-0.05, 0) is 24.6 Å². The van der Waals surface area contributed by atoms with E-state index in [2.05, 4.69) is 40.4 Å². The molecule has 0 radical (unpaired) electrons. The maximum absolute atomic E-state index is 6.16. The lowest BCUT2D eigenvalue weighted by Gasteiger charge is -2.37. The van der Waals surface area contributed by atoms with Crippen LogP contribution in [0.4, 0.5) is 0 Å². The van der Waals surface area contributed by atoms with Gasteiger partial charge in [0.2, 0.25) is 0 Å². The highest BCUT2D eigenvalue weighted by Crippen LogP contribution is 2.36. The number of ether oxygens (including phenoxy) is 2. The molecule has 0 rings (SSSR count). The molecular weight excluding hydrogens is 244 g/mol. The van der Waals surface area contributed by atoms with E-state index in [1.165, 1.54) is 0 Å². The standard InChI is InChI=1S/C14H30O3Si/c1-8-9-13(16-11-10-15-5)12-17-18(6,7)14(2,3)4/h8,13H,1,9-12H2,2-7H3/t13-/m1/s1. The summed E-state index contributed by atoms with van der Waals surface area (Å²) < 4.78 is 16.9. The van der Waals surface area contributed by atoms with Gasteiger partial charge in [0.1, 0.15) is 0 Å². The molecule has 108 valence electrons. The Hall–Kier alpha value is -0.163. The molecule has 3 nitrogen and oxygen atoms in total. The molecule has 0 amide bonds. The van der Waals surface area contributed by atoms with Gasteiger partial charge >= 0.3 is 0 Å². The average molecular weight is 274 g/mol. The molecule has 0 aliphatic heterocycles. The van der Waals surface area contributed by atoms with Gasteiger partial charge in [0.25, 0.3) is 0 Å². The quantitative estimate of drug-likeness (QED) is 0.365. The van der Waals surface area contributed by atoms with Crippen LogP contribution in [-0.4, -0.2) is 41.4 Å². The summed E-state index contributed by atoms with van der Waals surface area (Å²) >= 11 is 0. The molecule has 0 bridgehead atoms. The lowest BCUT2D eigenvalue weighted by molar-refractivity contribution is -0.00620. The van der Waals surface area contributed by atoms with Crippen molar-refractivity contribution in [2.45, 2.75) is 51.4 Å². The van der Waals surface area contributed by atoms with Gasteiger partial charge in [-0.25, -0.2) is 0 Å². The summed E-state index contributed by atoms with van der Waals surface area (Å²) in [5, 5.41) is 0.234. The van der Waals surface area contributed by atoms with Crippen molar-refractivity contribution >= 4 is 8.32 Å². The highest BCUT2D eigenvalue weighted by molar-refractivity contribution is 6.74. The molecule has 18 heavy (non-hydrogen) atoms. The second kappa shape index (κ2) is 8.10. The van der Waals surface area contributed by atoms with Gasteiger partial charge in [0, 0.05) is 7.11 Å².